The molecule has 0 aromatic carbocycles. The van der Waals surface area contributed by atoms with Gasteiger partial charge < -0.3 is 25.6 Å². The van der Waals surface area contributed by atoms with Crippen molar-refractivity contribution in [2.75, 3.05) is 39.4 Å². The van der Waals surface area contributed by atoms with Crippen LogP contribution in [0.4, 0.5) is 4.79 Å². The number of ether oxygens (including phenoxy) is 1. The lowest BCUT2D eigenvalue weighted by Gasteiger charge is -2.41. The molecule has 3 aliphatic rings. The molecule has 24 heavy (non-hydrogen) atoms. The van der Waals surface area contributed by atoms with E-state index in [2.05, 4.69) is 5.32 Å². The summed E-state index contributed by atoms with van der Waals surface area (Å²) in [6.45, 7) is 3.39. The molecule has 0 atom stereocenters. The molecule has 2 heterocycles. The van der Waals surface area contributed by atoms with Gasteiger partial charge >= 0.3 is 6.03 Å². The smallest absolute Gasteiger partial charge is 0.317 e. The Balaban J connectivity index is 1.46. The lowest BCUT2D eigenvalue weighted by molar-refractivity contribution is -0.142. The number of amides is 3. The highest BCUT2D eigenvalue weighted by Crippen LogP contribution is 2.22. The van der Waals surface area contributed by atoms with E-state index in [-0.39, 0.29) is 11.9 Å². The molecular formula is C17H30N4O3. The largest absolute Gasteiger partial charge is 0.381 e. The number of hydrogen-bond donors (Lipinski definition) is 2. The normalized spacial score (nSPS) is 25.4. The summed E-state index contributed by atoms with van der Waals surface area (Å²) < 4.78 is 5.31. The summed E-state index contributed by atoms with van der Waals surface area (Å²) >= 11 is 0. The van der Waals surface area contributed by atoms with Crippen LogP contribution in [0.3, 0.4) is 0 Å². The minimum absolute atomic E-state index is 0.0122. The minimum Gasteiger partial charge on any atom is -0.381 e. The number of carbonyl (C=O) groups excluding carboxylic acids is 2. The number of urea groups is 1. The fourth-order valence-electron chi connectivity index (χ4n) is 3.89. The van der Waals surface area contributed by atoms with E-state index in [4.69, 9.17) is 10.5 Å². The van der Waals surface area contributed by atoms with Crippen LogP contribution in [0.1, 0.15) is 44.9 Å². The van der Waals surface area contributed by atoms with Gasteiger partial charge in [0.2, 0.25) is 5.91 Å². The fourth-order valence-corrected chi connectivity index (χ4v) is 3.89. The Morgan fingerprint density at radius 2 is 1.54 bits per heavy atom. The Morgan fingerprint density at radius 1 is 0.958 bits per heavy atom. The molecule has 7 heteroatoms. The van der Waals surface area contributed by atoms with Crippen molar-refractivity contribution in [2.45, 2.75) is 56.5 Å². The second kappa shape index (κ2) is 7.70. The topological polar surface area (TPSA) is 87.9 Å². The molecule has 0 bridgehead atoms. The van der Waals surface area contributed by atoms with Gasteiger partial charge in [0.05, 0.1) is 5.54 Å². The van der Waals surface area contributed by atoms with Crippen molar-refractivity contribution in [3.8, 4) is 0 Å². The van der Waals surface area contributed by atoms with Crippen LogP contribution in [-0.4, -0.2) is 72.7 Å². The molecule has 3 fully saturated rings. The van der Waals surface area contributed by atoms with E-state index in [0.717, 1.165) is 12.8 Å². The highest BCUT2D eigenvalue weighted by Gasteiger charge is 2.40. The van der Waals surface area contributed by atoms with Gasteiger partial charge in [0, 0.05) is 45.4 Å². The van der Waals surface area contributed by atoms with Crippen LogP contribution in [0.25, 0.3) is 0 Å². The van der Waals surface area contributed by atoms with E-state index in [1.54, 1.807) is 0 Å². The molecule has 0 unspecified atom stereocenters. The molecule has 3 rings (SSSR count). The lowest BCUT2D eigenvalue weighted by atomic mass is 9.89. The summed E-state index contributed by atoms with van der Waals surface area (Å²) in [5, 5.41) is 3.15. The standard InChI is InChI=1S/C17H30N4O3/c18-17(6-12-24-13-7-17)15(22)20-8-10-21(11-9-20)16(23)19-14-4-2-1-3-5-14/h14H,1-13,18H2,(H,19,23). The Bertz CT molecular complexity index is 451. The number of hydrogen-bond acceptors (Lipinski definition) is 4. The van der Waals surface area contributed by atoms with Crippen LogP contribution >= 0.6 is 0 Å². The van der Waals surface area contributed by atoms with Crippen molar-refractivity contribution in [2.24, 2.45) is 5.73 Å². The number of carbonyl (C=O) groups is 2. The molecule has 136 valence electrons. The van der Waals surface area contributed by atoms with Gasteiger partial charge in [-0.25, -0.2) is 4.79 Å². The van der Waals surface area contributed by atoms with Crippen LogP contribution in [0.2, 0.25) is 0 Å². The first-order valence-corrected chi connectivity index (χ1v) is 9.30. The fraction of sp³-hybridized carbons (Fsp3) is 0.882. The second-order valence-electron chi connectivity index (χ2n) is 7.33. The molecule has 3 amide bonds. The maximum Gasteiger partial charge on any atom is 0.317 e. The van der Waals surface area contributed by atoms with Gasteiger partial charge in [-0.2, -0.15) is 0 Å². The summed E-state index contributed by atoms with van der Waals surface area (Å²) in [6, 6.07) is 0.336. The highest BCUT2D eigenvalue weighted by atomic mass is 16.5. The third-order valence-electron chi connectivity index (χ3n) is 5.60. The van der Waals surface area contributed by atoms with Crippen LogP contribution < -0.4 is 11.1 Å². The zero-order valence-electron chi connectivity index (χ0n) is 14.5. The summed E-state index contributed by atoms with van der Waals surface area (Å²) in [4.78, 5) is 28.7. The van der Waals surface area contributed by atoms with Crippen LogP contribution in [0.5, 0.6) is 0 Å². The molecule has 0 spiro atoms. The van der Waals surface area contributed by atoms with Crippen LogP contribution in [0.15, 0.2) is 0 Å². The molecular weight excluding hydrogens is 308 g/mol. The second-order valence-corrected chi connectivity index (χ2v) is 7.33. The van der Waals surface area contributed by atoms with E-state index in [1.807, 2.05) is 9.80 Å². The van der Waals surface area contributed by atoms with Gasteiger partial charge in [0.15, 0.2) is 0 Å². The average molecular weight is 338 g/mol. The van der Waals surface area contributed by atoms with Crippen molar-refractivity contribution < 1.29 is 14.3 Å². The van der Waals surface area contributed by atoms with Crippen molar-refractivity contribution >= 4 is 11.9 Å². The van der Waals surface area contributed by atoms with Gasteiger partial charge in [0.25, 0.3) is 0 Å². The maximum atomic E-state index is 12.7. The molecule has 7 nitrogen and oxygen atoms in total. The van der Waals surface area contributed by atoms with Gasteiger partial charge in [-0.05, 0) is 25.7 Å². The molecule has 3 N–H and O–H groups in total. The first-order valence-electron chi connectivity index (χ1n) is 9.30. The molecule has 0 aromatic rings. The van der Waals surface area contributed by atoms with Gasteiger partial charge in [0.1, 0.15) is 0 Å². The Hall–Kier alpha value is -1.34. The predicted molar refractivity (Wildman–Crippen MR) is 90.5 cm³/mol. The number of rotatable bonds is 2. The lowest BCUT2D eigenvalue weighted by Crippen LogP contribution is -2.62. The average Bonchev–Trinajstić information content (AvgIpc) is 2.63. The van der Waals surface area contributed by atoms with Gasteiger partial charge in [-0.3, -0.25) is 4.79 Å². The Kier molecular flexibility index (Phi) is 5.61. The summed E-state index contributed by atoms with van der Waals surface area (Å²) in [7, 11) is 0. The van der Waals surface area contributed by atoms with E-state index in [1.165, 1.54) is 19.3 Å². The zero-order chi connectivity index (χ0) is 17.0. The van der Waals surface area contributed by atoms with Crippen LogP contribution in [0, 0.1) is 0 Å². The molecule has 1 aliphatic carbocycles. The first kappa shape index (κ1) is 17.5. The third kappa shape index (κ3) is 4.00. The SMILES string of the molecule is NC1(C(=O)N2CCN(C(=O)NC3CCCCC3)CC2)CCOCC1. The summed E-state index contributed by atoms with van der Waals surface area (Å²) in [5.74, 6) is 0.0122. The minimum atomic E-state index is -0.787. The van der Waals surface area contributed by atoms with Crippen molar-refractivity contribution in [1.29, 1.82) is 0 Å². The van der Waals surface area contributed by atoms with E-state index < -0.39 is 5.54 Å². The first-order chi connectivity index (χ1) is 11.6. The van der Waals surface area contributed by atoms with Gasteiger partial charge in [-0.15, -0.1) is 0 Å². The van der Waals surface area contributed by atoms with Crippen molar-refractivity contribution in [1.82, 2.24) is 15.1 Å². The maximum absolute atomic E-state index is 12.7. The molecule has 2 aliphatic heterocycles. The molecule has 2 saturated heterocycles. The van der Waals surface area contributed by atoms with Gasteiger partial charge in [-0.1, -0.05) is 19.3 Å². The Labute approximate surface area is 143 Å². The number of nitrogens with two attached hydrogens (primary N) is 1. The number of piperazine rings is 1. The predicted octanol–water partition coefficient (Wildman–Crippen LogP) is 0.681. The monoisotopic (exact) mass is 338 g/mol. The van der Waals surface area contributed by atoms with E-state index in [0.29, 0.717) is 58.3 Å². The van der Waals surface area contributed by atoms with Crippen molar-refractivity contribution in [3.05, 3.63) is 0 Å². The number of nitrogens with one attached hydrogen (secondary N) is 1. The quantitative estimate of drug-likeness (QED) is 0.775. The van der Waals surface area contributed by atoms with E-state index in [9.17, 15) is 9.59 Å². The van der Waals surface area contributed by atoms with Crippen molar-refractivity contribution in [3.63, 3.8) is 0 Å². The molecule has 0 radical (unpaired) electrons. The Morgan fingerprint density at radius 3 is 2.17 bits per heavy atom. The number of nitrogens with zero attached hydrogens (tertiary/aromatic N) is 2. The van der Waals surface area contributed by atoms with Crippen LogP contribution in [-0.2, 0) is 9.53 Å². The highest BCUT2D eigenvalue weighted by molar-refractivity contribution is 5.86. The summed E-state index contributed by atoms with van der Waals surface area (Å²) in [5.41, 5.74) is 5.50. The third-order valence-corrected chi connectivity index (χ3v) is 5.60. The molecule has 0 aromatic heterocycles. The zero-order valence-corrected chi connectivity index (χ0v) is 14.5. The molecule has 1 saturated carbocycles. The summed E-state index contributed by atoms with van der Waals surface area (Å²) in [6.07, 6.45) is 7.01. The van der Waals surface area contributed by atoms with E-state index >= 15 is 0 Å².